The van der Waals surface area contributed by atoms with E-state index in [1.165, 1.54) is 12.8 Å². The summed E-state index contributed by atoms with van der Waals surface area (Å²) >= 11 is 0. The minimum Gasteiger partial charge on any atom is -0.381 e. The van der Waals surface area contributed by atoms with Crippen LogP contribution < -0.4 is 0 Å². The van der Waals surface area contributed by atoms with E-state index in [0.717, 1.165) is 26.3 Å². The first-order valence-corrected chi connectivity index (χ1v) is 6.69. The van der Waals surface area contributed by atoms with Crippen LogP contribution in [0.15, 0.2) is 0 Å². The molecule has 1 saturated heterocycles. The Morgan fingerprint density at radius 3 is 2.65 bits per heavy atom. The van der Waals surface area contributed by atoms with E-state index in [4.69, 9.17) is 4.74 Å². The van der Waals surface area contributed by atoms with Crippen molar-refractivity contribution < 1.29 is 9.53 Å². The topological polar surface area (TPSA) is 29.5 Å². The molecule has 100 valence electrons. The van der Waals surface area contributed by atoms with E-state index in [9.17, 15) is 4.79 Å². The highest BCUT2D eigenvalue weighted by Gasteiger charge is 2.22. The number of carbonyl (C=O) groups excluding carboxylic acids is 1. The molecule has 0 spiro atoms. The summed E-state index contributed by atoms with van der Waals surface area (Å²) < 4.78 is 5.47. The van der Waals surface area contributed by atoms with Crippen molar-refractivity contribution in [3.63, 3.8) is 0 Å². The molecule has 0 bridgehead atoms. The lowest BCUT2D eigenvalue weighted by atomic mass is 9.89. The lowest BCUT2D eigenvalue weighted by Gasteiger charge is -2.27. The van der Waals surface area contributed by atoms with Crippen molar-refractivity contribution in [2.75, 3.05) is 33.4 Å². The fourth-order valence-electron chi connectivity index (χ4n) is 2.15. The molecule has 1 atom stereocenters. The second-order valence-electron chi connectivity index (χ2n) is 6.27. The summed E-state index contributed by atoms with van der Waals surface area (Å²) in [5, 5.41) is 0. The molecule has 1 unspecified atom stereocenters. The van der Waals surface area contributed by atoms with Crippen molar-refractivity contribution in [3.05, 3.63) is 0 Å². The van der Waals surface area contributed by atoms with Crippen molar-refractivity contribution >= 4 is 5.78 Å². The molecule has 0 N–H and O–H groups in total. The van der Waals surface area contributed by atoms with E-state index < -0.39 is 0 Å². The fraction of sp³-hybridized carbons (Fsp3) is 0.929. The molecule has 1 aliphatic rings. The largest absolute Gasteiger partial charge is 0.381 e. The Morgan fingerprint density at radius 1 is 1.41 bits per heavy atom. The maximum Gasteiger partial charge on any atom is 0.139 e. The Bertz CT molecular complexity index is 239. The monoisotopic (exact) mass is 241 g/mol. The summed E-state index contributed by atoms with van der Waals surface area (Å²) in [5.41, 5.74) is -0.200. The predicted octanol–water partition coefficient (Wildman–Crippen LogP) is 2.35. The first-order chi connectivity index (χ1) is 7.89. The lowest BCUT2D eigenvalue weighted by Crippen LogP contribution is -2.33. The third-order valence-corrected chi connectivity index (χ3v) is 3.38. The Kier molecular flexibility index (Phi) is 5.60. The molecule has 0 radical (unpaired) electrons. The van der Waals surface area contributed by atoms with Crippen LogP contribution in [0.3, 0.4) is 0 Å². The van der Waals surface area contributed by atoms with Crippen LogP contribution in [-0.2, 0) is 9.53 Å². The second kappa shape index (κ2) is 6.50. The maximum atomic E-state index is 11.8. The number of ketones is 1. The lowest BCUT2D eigenvalue weighted by molar-refractivity contribution is -0.126. The van der Waals surface area contributed by atoms with Crippen LogP contribution in [0, 0.1) is 11.3 Å². The number of Topliss-reactive ketones (excluding diaryl/α,β-unsaturated/α-hetero) is 1. The zero-order chi connectivity index (χ0) is 12.9. The Labute approximate surface area is 106 Å². The summed E-state index contributed by atoms with van der Waals surface area (Å²) in [5.74, 6) is 1.00. The van der Waals surface area contributed by atoms with Crippen LogP contribution in [0.5, 0.6) is 0 Å². The molecule has 3 heteroatoms. The normalized spacial score (nSPS) is 21.8. The zero-order valence-electron chi connectivity index (χ0n) is 11.8. The summed E-state index contributed by atoms with van der Waals surface area (Å²) in [6.45, 7) is 9.70. The van der Waals surface area contributed by atoms with Gasteiger partial charge in [-0.2, -0.15) is 0 Å². The number of hydrogen-bond acceptors (Lipinski definition) is 3. The van der Waals surface area contributed by atoms with Gasteiger partial charge in [0, 0.05) is 31.5 Å². The van der Waals surface area contributed by atoms with Gasteiger partial charge in [0.1, 0.15) is 5.78 Å². The molecule has 3 nitrogen and oxygen atoms in total. The molecule has 0 aromatic carbocycles. The van der Waals surface area contributed by atoms with Gasteiger partial charge in [0.2, 0.25) is 0 Å². The summed E-state index contributed by atoms with van der Waals surface area (Å²) in [7, 11) is 2.10. The number of hydrogen-bond donors (Lipinski definition) is 0. The van der Waals surface area contributed by atoms with Crippen molar-refractivity contribution in [1.29, 1.82) is 0 Å². The summed E-state index contributed by atoms with van der Waals surface area (Å²) in [6, 6.07) is 0. The standard InChI is InChI=1S/C14H27NO2/c1-14(2,3)13(16)7-8-15(4)10-12-6-5-9-17-11-12/h12H,5-11H2,1-4H3. The second-order valence-corrected chi connectivity index (χ2v) is 6.27. The van der Waals surface area contributed by atoms with Crippen LogP contribution in [-0.4, -0.2) is 44.0 Å². The van der Waals surface area contributed by atoms with Gasteiger partial charge in [0.25, 0.3) is 0 Å². The third-order valence-electron chi connectivity index (χ3n) is 3.38. The molecule has 0 aliphatic carbocycles. The first-order valence-electron chi connectivity index (χ1n) is 6.69. The molecule has 1 rings (SSSR count). The van der Waals surface area contributed by atoms with E-state index in [2.05, 4.69) is 11.9 Å². The van der Waals surface area contributed by atoms with Gasteiger partial charge in [0.05, 0.1) is 6.61 Å². The van der Waals surface area contributed by atoms with Crippen molar-refractivity contribution in [1.82, 2.24) is 4.90 Å². The highest BCUT2D eigenvalue weighted by molar-refractivity contribution is 5.83. The van der Waals surface area contributed by atoms with E-state index in [0.29, 0.717) is 18.1 Å². The number of carbonyl (C=O) groups is 1. The quantitative estimate of drug-likeness (QED) is 0.740. The van der Waals surface area contributed by atoms with Crippen molar-refractivity contribution in [2.24, 2.45) is 11.3 Å². The molecule has 0 aromatic rings. The van der Waals surface area contributed by atoms with Gasteiger partial charge in [-0.1, -0.05) is 20.8 Å². The van der Waals surface area contributed by atoms with E-state index in [-0.39, 0.29) is 5.41 Å². The van der Waals surface area contributed by atoms with Gasteiger partial charge in [-0.3, -0.25) is 4.79 Å². The van der Waals surface area contributed by atoms with Crippen LogP contribution in [0.2, 0.25) is 0 Å². The van der Waals surface area contributed by atoms with E-state index in [1.807, 2.05) is 20.8 Å². The van der Waals surface area contributed by atoms with Gasteiger partial charge in [-0.25, -0.2) is 0 Å². The van der Waals surface area contributed by atoms with Gasteiger partial charge in [-0.05, 0) is 25.8 Å². The Hall–Kier alpha value is -0.410. The number of rotatable bonds is 5. The van der Waals surface area contributed by atoms with Crippen LogP contribution >= 0.6 is 0 Å². The average Bonchev–Trinajstić information content (AvgIpc) is 2.26. The van der Waals surface area contributed by atoms with Gasteiger partial charge in [0.15, 0.2) is 0 Å². The smallest absolute Gasteiger partial charge is 0.139 e. The van der Waals surface area contributed by atoms with Gasteiger partial charge < -0.3 is 9.64 Å². The van der Waals surface area contributed by atoms with Crippen molar-refractivity contribution in [2.45, 2.75) is 40.0 Å². The van der Waals surface area contributed by atoms with E-state index in [1.54, 1.807) is 0 Å². The maximum absolute atomic E-state index is 11.8. The molecule has 0 aromatic heterocycles. The minimum absolute atomic E-state index is 0.200. The Balaban J connectivity index is 2.20. The van der Waals surface area contributed by atoms with Crippen LogP contribution in [0.1, 0.15) is 40.0 Å². The van der Waals surface area contributed by atoms with Crippen LogP contribution in [0.4, 0.5) is 0 Å². The first kappa shape index (κ1) is 14.7. The summed E-state index contributed by atoms with van der Waals surface area (Å²) in [4.78, 5) is 14.1. The third kappa shape index (κ3) is 5.64. The average molecular weight is 241 g/mol. The van der Waals surface area contributed by atoms with E-state index >= 15 is 0 Å². The zero-order valence-corrected chi connectivity index (χ0v) is 11.8. The fourth-order valence-corrected chi connectivity index (χ4v) is 2.15. The highest BCUT2D eigenvalue weighted by Crippen LogP contribution is 2.18. The molecule has 1 heterocycles. The van der Waals surface area contributed by atoms with Gasteiger partial charge >= 0.3 is 0 Å². The SMILES string of the molecule is CN(CCC(=O)C(C)(C)C)CC1CCCOC1. The van der Waals surface area contributed by atoms with Gasteiger partial charge in [-0.15, -0.1) is 0 Å². The molecule has 1 aliphatic heterocycles. The number of nitrogens with zero attached hydrogens (tertiary/aromatic N) is 1. The molecule has 17 heavy (non-hydrogen) atoms. The molecular formula is C14H27NO2. The molecular weight excluding hydrogens is 214 g/mol. The molecule has 1 fully saturated rings. The van der Waals surface area contributed by atoms with Crippen LogP contribution in [0.25, 0.3) is 0 Å². The summed E-state index contributed by atoms with van der Waals surface area (Å²) in [6.07, 6.45) is 3.10. The van der Waals surface area contributed by atoms with Crippen molar-refractivity contribution in [3.8, 4) is 0 Å². The minimum atomic E-state index is -0.200. The predicted molar refractivity (Wildman–Crippen MR) is 70.1 cm³/mol. The Morgan fingerprint density at radius 2 is 2.12 bits per heavy atom. The highest BCUT2D eigenvalue weighted by atomic mass is 16.5. The number of ether oxygens (including phenoxy) is 1. The molecule has 0 saturated carbocycles. The molecule has 0 amide bonds.